The molecule has 1 atom stereocenters. The molecule has 0 unspecified atom stereocenters. The van der Waals surface area contributed by atoms with Gasteiger partial charge in [0.2, 0.25) is 11.8 Å². The molecule has 0 bridgehead atoms. The van der Waals surface area contributed by atoms with Crippen LogP contribution < -0.4 is 5.32 Å². The van der Waals surface area contributed by atoms with Crippen LogP contribution in [-0.4, -0.2) is 61.5 Å². The van der Waals surface area contributed by atoms with Crippen LogP contribution in [0, 0.1) is 0 Å². The zero-order valence-electron chi connectivity index (χ0n) is 18.9. The van der Waals surface area contributed by atoms with Crippen molar-refractivity contribution in [1.82, 2.24) is 14.5 Å². The summed E-state index contributed by atoms with van der Waals surface area (Å²) in [5, 5.41) is 2.61. The van der Waals surface area contributed by atoms with Crippen molar-refractivity contribution < 1.29 is 22.8 Å². The van der Waals surface area contributed by atoms with E-state index in [0.717, 1.165) is 9.87 Å². The first-order valence-electron chi connectivity index (χ1n) is 11.0. The predicted octanol–water partition coefficient (Wildman–Crippen LogP) is 2.21. The van der Waals surface area contributed by atoms with Crippen LogP contribution in [0.5, 0.6) is 0 Å². The zero-order valence-corrected chi connectivity index (χ0v) is 19.7. The molecule has 176 valence electrons. The van der Waals surface area contributed by atoms with Crippen molar-refractivity contribution in [3.05, 3.63) is 65.7 Å². The molecule has 9 heteroatoms. The normalized spacial score (nSPS) is 15.1. The van der Waals surface area contributed by atoms with Gasteiger partial charge in [-0.15, -0.1) is 0 Å². The minimum absolute atomic E-state index is 0.00326. The standard InChI is InChI=1S/C24H29N3O5S/c1-3-20(23(29)25-2)26(17-15-18-10-5-4-6-11-18)22(28)14-9-16-27-24(30)19-12-7-8-13-21(19)33(27,31)32/h4-8,10-13,20H,3,9,14-17H2,1-2H3,(H,25,29)/t20-/m1/s1. The van der Waals surface area contributed by atoms with Gasteiger partial charge in [0.25, 0.3) is 15.9 Å². The minimum atomic E-state index is -3.90. The van der Waals surface area contributed by atoms with Gasteiger partial charge in [0.1, 0.15) is 10.9 Å². The van der Waals surface area contributed by atoms with Crippen molar-refractivity contribution in [2.24, 2.45) is 0 Å². The van der Waals surface area contributed by atoms with E-state index in [1.807, 2.05) is 37.3 Å². The van der Waals surface area contributed by atoms with Crippen LogP contribution in [-0.2, 0) is 26.0 Å². The van der Waals surface area contributed by atoms with Crippen LogP contribution in [0.25, 0.3) is 0 Å². The van der Waals surface area contributed by atoms with Crippen LogP contribution in [0.1, 0.15) is 42.1 Å². The fourth-order valence-electron chi connectivity index (χ4n) is 4.03. The van der Waals surface area contributed by atoms with E-state index in [1.54, 1.807) is 17.0 Å². The highest BCUT2D eigenvalue weighted by atomic mass is 32.2. The molecule has 33 heavy (non-hydrogen) atoms. The van der Waals surface area contributed by atoms with Gasteiger partial charge in [0.05, 0.1) is 5.56 Å². The van der Waals surface area contributed by atoms with Crippen LogP contribution in [0.15, 0.2) is 59.5 Å². The maximum Gasteiger partial charge on any atom is 0.269 e. The largest absolute Gasteiger partial charge is 0.357 e. The second kappa shape index (κ2) is 10.6. The van der Waals surface area contributed by atoms with Crippen LogP contribution in [0.2, 0.25) is 0 Å². The lowest BCUT2D eigenvalue weighted by atomic mass is 10.1. The Balaban J connectivity index is 1.68. The van der Waals surface area contributed by atoms with Gasteiger partial charge in [-0.3, -0.25) is 14.4 Å². The summed E-state index contributed by atoms with van der Waals surface area (Å²) >= 11 is 0. The Morgan fingerprint density at radius 3 is 2.36 bits per heavy atom. The Labute approximate surface area is 194 Å². The van der Waals surface area contributed by atoms with Gasteiger partial charge < -0.3 is 10.2 Å². The van der Waals surface area contributed by atoms with E-state index in [-0.39, 0.29) is 41.7 Å². The molecule has 1 aliphatic rings. The van der Waals surface area contributed by atoms with E-state index in [1.165, 1.54) is 19.2 Å². The molecule has 0 saturated carbocycles. The third kappa shape index (κ3) is 5.24. The second-order valence-electron chi connectivity index (χ2n) is 7.84. The van der Waals surface area contributed by atoms with Crippen molar-refractivity contribution >= 4 is 27.7 Å². The lowest BCUT2D eigenvalue weighted by Gasteiger charge is -2.30. The molecule has 8 nitrogen and oxygen atoms in total. The van der Waals surface area contributed by atoms with Crippen LogP contribution >= 0.6 is 0 Å². The number of likely N-dealkylation sites (N-methyl/N-ethyl adjacent to an activating group) is 1. The smallest absolute Gasteiger partial charge is 0.269 e. The Bertz CT molecular complexity index is 1120. The average molecular weight is 472 g/mol. The summed E-state index contributed by atoms with van der Waals surface area (Å²) in [7, 11) is -2.37. The maximum atomic E-state index is 13.1. The number of sulfonamides is 1. The Hall–Kier alpha value is -3.20. The molecule has 3 rings (SSSR count). The van der Waals surface area contributed by atoms with E-state index in [9.17, 15) is 22.8 Å². The van der Waals surface area contributed by atoms with Gasteiger partial charge in [-0.25, -0.2) is 12.7 Å². The number of nitrogens with one attached hydrogen (secondary N) is 1. The number of benzene rings is 2. The monoisotopic (exact) mass is 471 g/mol. The van der Waals surface area contributed by atoms with Crippen molar-refractivity contribution in [2.45, 2.75) is 43.5 Å². The highest BCUT2D eigenvalue weighted by Gasteiger charge is 2.40. The molecule has 0 spiro atoms. The van der Waals surface area contributed by atoms with Gasteiger partial charge in [0.15, 0.2) is 0 Å². The first-order valence-corrected chi connectivity index (χ1v) is 12.5. The maximum absolute atomic E-state index is 13.1. The molecule has 0 radical (unpaired) electrons. The summed E-state index contributed by atoms with van der Waals surface area (Å²) in [5.74, 6) is -1.06. The van der Waals surface area contributed by atoms with Gasteiger partial charge in [-0.1, -0.05) is 49.4 Å². The molecule has 0 fully saturated rings. The quantitative estimate of drug-likeness (QED) is 0.572. The minimum Gasteiger partial charge on any atom is -0.357 e. The average Bonchev–Trinajstić information content (AvgIpc) is 3.02. The van der Waals surface area contributed by atoms with E-state index in [0.29, 0.717) is 19.4 Å². The molecule has 0 aliphatic carbocycles. The van der Waals surface area contributed by atoms with Crippen molar-refractivity contribution in [1.29, 1.82) is 0 Å². The number of nitrogens with zero attached hydrogens (tertiary/aromatic N) is 2. The molecule has 2 aromatic carbocycles. The van der Waals surface area contributed by atoms with Gasteiger partial charge in [0, 0.05) is 26.6 Å². The second-order valence-corrected chi connectivity index (χ2v) is 9.67. The zero-order chi connectivity index (χ0) is 24.0. The summed E-state index contributed by atoms with van der Waals surface area (Å²) in [6, 6.07) is 15.2. The number of rotatable bonds is 10. The molecule has 1 heterocycles. The topological polar surface area (TPSA) is 104 Å². The lowest BCUT2D eigenvalue weighted by molar-refractivity contribution is -0.140. The van der Waals surface area contributed by atoms with Gasteiger partial charge in [-0.05, 0) is 37.0 Å². The van der Waals surface area contributed by atoms with Crippen molar-refractivity contribution in [3.63, 3.8) is 0 Å². The van der Waals surface area contributed by atoms with Crippen LogP contribution in [0.3, 0.4) is 0 Å². The molecule has 1 N–H and O–H groups in total. The fraction of sp³-hybridized carbons (Fsp3) is 0.375. The Morgan fingerprint density at radius 1 is 1.06 bits per heavy atom. The number of fused-ring (bicyclic) bond motifs is 1. The first-order chi connectivity index (χ1) is 15.8. The number of carbonyl (C=O) groups is 3. The molecular weight excluding hydrogens is 442 g/mol. The number of hydrogen-bond acceptors (Lipinski definition) is 5. The molecule has 0 saturated heterocycles. The molecular formula is C24H29N3O5S. The fourth-order valence-corrected chi connectivity index (χ4v) is 5.64. The molecule has 0 aromatic heterocycles. The molecule has 1 aliphatic heterocycles. The SMILES string of the molecule is CC[C@H](C(=O)NC)N(CCc1ccccc1)C(=O)CCCN1C(=O)c2ccccc2S1(=O)=O. The Morgan fingerprint density at radius 2 is 1.73 bits per heavy atom. The first kappa shape index (κ1) is 24.4. The number of carbonyl (C=O) groups excluding carboxylic acids is 3. The summed E-state index contributed by atoms with van der Waals surface area (Å²) in [6.07, 6.45) is 1.24. The number of hydrogen-bond donors (Lipinski definition) is 1. The van der Waals surface area contributed by atoms with Crippen molar-refractivity contribution in [2.75, 3.05) is 20.1 Å². The molecule has 3 amide bonds. The third-order valence-electron chi connectivity index (χ3n) is 5.78. The van der Waals surface area contributed by atoms with Gasteiger partial charge in [-0.2, -0.15) is 0 Å². The summed E-state index contributed by atoms with van der Waals surface area (Å²) in [5.41, 5.74) is 1.20. The van der Waals surface area contributed by atoms with E-state index >= 15 is 0 Å². The lowest BCUT2D eigenvalue weighted by Crippen LogP contribution is -2.49. The highest BCUT2D eigenvalue weighted by Crippen LogP contribution is 2.30. The number of amides is 3. The summed E-state index contributed by atoms with van der Waals surface area (Å²) < 4.78 is 26.2. The molecule has 2 aromatic rings. The summed E-state index contributed by atoms with van der Waals surface area (Å²) in [6.45, 7) is 2.11. The van der Waals surface area contributed by atoms with Crippen molar-refractivity contribution in [3.8, 4) is 0 Å². The highest BCUT2D eigenvalue weighted by molar-refractivity contribution is 7.90. The van der Waals surface area contributed by atoms with Gasteiger partial charge >= 0.3 is 0 Å². The van der Waals surface area contributed by atoms with E-state index in [2.05, 4.69) is 5.32 Å². The summed E-state index contributed by atoms with van der Waals surface area (Å²) in [4.78, 5) is 39.6. The predicted molar refractivity (Wildman–Crippen MR) is 124 cm³/mol. The third-order valence-corrected chi connectivity index (χ3v) is 7.62. The van der Waals surface area contributed by atoms with E-state index < -0.39 is 22.0 Å². The van der Waals surface area contributed by atoms with Crippen LogP contribution in [0.4, 0.5) is 0 Å². The Kier molecular flexibility index (Phi) is 7.86. The van der Waals surface area contributed by atoms with E-state index in [4.69, 9.17) is 0 Å².